The van der Waals surface area contributed by atoms with Crippen LogP contribution in [0.15, 0.2) is 4.99 Å². The Morgan fingerprint density at radius 3 is 2.50 bits per heavy atom. The van der Waals surface area contributed by atoms with Gasteiger partial charge in [-0.3, -0.25) is 14.7 Å². The number of carbonyl (C=O) groups is 1. The summed E-state index contributed by atoms with van der Waals surface area (Å²) in [6, 6.07) is 0.283. The average molecular weight is 394 g/mol. The zero-order chi connectivity index (χ0) is 20.0. The van der Waals surface area contributed by atoms with Gasteiger partial charge in [-0.1, -0.05) is 19.3 Å². The molecule has 0 spiro atoms. The molecular weight excluding hydrogens is 354 g/mol. The third-order valence-corrected chi connectivity index (χ3v) is 6.57. The van der Waals surface area contributed by atoms with E-state index in [2.05, 4.69) is 39.3 Å². The monoisotopic (exact) mass is 393 g/mol. The van der Waals surface area contributed by atoms with Crippen LogP contribution in [0.25, 0.3) is 0 Å². The minimum atomic E-state index is 0.0417. The maximum absolute atomic E-state index is 12.8. The number of carbonyl (C=O) groups excluding carboxylic acids is 1. The third-order valence-electron chi connectivity index (χ3n) is 6.57. The minimum absolute atomic E-state index is 0.0417. The van der Waals surface area contributed by atoms with Crippen molar-refractivity contribution in [3.8, 4) is 0 Å². The van der Waals surface area contributed by atoms with E-state index in [-0.39, 0.29) is 17.5 Å². The van der Waals surface area contributed by atoms with Crippen molar-refractivity contribution in [1.29, 1.82) is 0 Å². The second kappa shape index (κ2) is 9.92. The molecule has 28 heavy (non-hydrogen) atoms. The van der Waals surface area contributed by atoms with E-state index in [0.717, 1.165) is 71.2 Å². The van der Waals surface area contributed by atoms with Crippen LogP contribution >= 0.6 is 0 Å². The molecule has 2 heterocycles. The number of rotatable bonds is 5. The van der Waals surface area contributed by atoms with Crippen molar-refractivity contribution < 1.29 is 9.53 Å². The molecule has 1 aliphatic carbocycles. The molecule has 1 saturated carbocycles. The van der Waals surface area contributed by atoms with Gasteiger partial charge in [0.2, 0.25) is 5.91 Å². The van der Waals surface area contributed by atoms with Gasteiger partial charge in [0, 0.05) is 57.3 Å². The van der Waals surface area contributed by atoms with Gasteiger partial charge in [0.15, 0.2) is 5.96 Å². The van der Waals surface area contributed by atoms with Crippen LogP contribution < -0.4 is 10.6 Å². The smallest absolute Gasteiger partial charge is 0.225 e. The fraction of sp³-hybridized carbons (Fsp3) is 0.905. The van der Waals surface area contributed by atoms with Crippen LogP contribution in [0.4, 0.5) is 0 Å². The van der Waals surface area contributed by atoms with Crippen LogP contribution in [0.5, 0.6) is 0 Å². The molecule has 2 N–H and O–H groups in total. The van der Waals surface area contributed by atoms with E-state index in [9.17, 15) is 4.79 Å². The molecule has 3 aliphatic rings. The van der Waals surface area contributed by atoms with Crippen molar-refractivity contribution in [3.63, 3.8) is 0 Å². The average Bonchev–Trinajstić information content (AvgIpc) is 3.20. The molecule has 0 aromatic rings. The Balaban J connectivity index is 1.44. The van der Waals surface area contributed by atoms with Crippen LogP contribution in [-0.2, 0) is 9.53 Å². The summed E-state index contributed by atoms with van der Waals surface area (Å²) in [5.74, 6) is 1.47. The Morgan fingerprint density at radius 1 is 1.11 bits per heavy atom. The van der Waals surface area contributed by atoms with E-state index in [1.165, 1.54) is 19.3 Å². The molecule has 2 aliphatic heterocycles. The molecule has 0 bridgehead atoms. The second-order valence-electron chi connectivity index (χ2n) is 9.09. The number of ether oxygens (including phenoxy) is 1. The summed E-state index contributed by atoms with van der Waals surface area (Å²) >= 11 is 0. The van der Waals surface area contributed by atoms with Gasteiger partial charge < -0.3 is 20.3 Å². The molecular formula is C21H39N5O2. The molecule has 1 atom stereocenters. The first kappa shape index (κ1) is 21.4. The lowest BCUT2D eigenvalue weighted by molar-refractivity contribution is -0.135. The summed E-state index contributed by atoms with van der Waals surface area (Å²) < 4.78 is 5.47. The van der Waals surface area contributed by atoms with Gasteiger partial charge in [-0.25, -0.2) is 0 Å². The SMILES string of the molecule is CN=C(NCC(C)(C)N1CCOCC1)NC1CCN(C(=O)C2CCCCC2)C1. The molecule has 1 unspecified atom stereocenters. The number of hydrogen-bond donors (Lipinski definition) is 2. The zero-order valence-electron chi connectivity index (χ0n) is 18.0. The van der Waals surface area contributed by atoms with E-state index < -0.39 is 0 Å². The zero-order valence-corrected chi connectivity index (χ0v) is 18.0. The number of aliphatic imine (C=N–C) groups is 1. The maximum Gasteiger partial charge on any atom is 0.225 e. The molecule has 160 valence electrons. The van der Waals surface area contributed by atoms with Crippen LogP contribution in [0.1, 0.15) is 52.4 Å². The molecule has 3 rings (SSSR count). The van der Waals surface area contributed by atoms with E-state index in [1.807, 2.05) is 7.05 Å². The highest BCUT2D eigenvalue weighted by Crippen LogP contribution is 2.26. The number of nitrogens with zero attached hydrogens (tertiary/aromatic N) is 3. The van der Waals surface area contributed by atoms with Crippen LogP contribution in [0.3, 0.4) is 0 Å². The van der Waals surface area contributed by atoms with E-state index >= 15 is 0 Å². The molecule has 7 heteroatoms. The number of morpholine rings is 1. The van der Waals surface area contributed by atoms with Gasteiger partial charge in [-0.15, -0.1) is 0 Å². The molecule has 1 amide bonds. The fourth-order valence-corrected chi connectivity index (χ4v) is 4.65. The molecule has 3 fully saturated rings. The lowest BCUT2D eigenvalue weighted by Crippen LogP contribution is -2.57. The molecule has 0 aromatic heterocycles. The van der Waals surface area contributed by atoms with Gasteiger partial charge in [0.05, 0.1) is 13.2 Å². The number of likely N-dealkylation sites (tertiary alicyclic amines) is 1. The first-order chi connectivity index (χ1) is 13.5. The summed E-state index contributed by atoms with van der Waals surface area (Å²) in [4.78, 5) is 21.7. The summed E-state index contributed by atoms with van der Waals surface area (Å²) in [6.07, 6.45) is 6.85. The summed E-state index contributed by atoms with van der Waals surface area (Å²) in [6.45, 7) is 10.6. The largest absolute Gasteiger partial charge is 0.379 e. The molecule has 7 nitrogen and oxygen atoms in total. The van der Waals surface area contributed by atoms with Crippen molar-refractivity contribution in [2.24, 2.45) is 10.9 Å². The molecule has 0 aromatic carbocycles. The maximum atomic E-state index is 12.8. The summed E-state index contributed by atoms with van der Waals surface area (Å²) in [7, 11) is 1.82. The van der Waals surface area contributed by atoms with E-state index in [4.69, 9.17) is 4.74 Å². The van der Waals surface area contributed by atoms with Crippen LogP contribution in [0, 0.1) is 5.92 Å². The van der Waals surface area contributed by atoms with Gasteiger partial charge in [-0.2, -0.15) is 0 Å². The van der Waals surface area contributed by atoms with Crippen LogP contribution in [-0.4, -0.2) is 86.2 Å². The summed E-state index contributed by atoms with van der Waals surface area (Å²) in [5.41, 5.74) is 0.0417. The Kier molecular flexibility index (Phi) is 7.57. The third kappa shape index (κ3) is 5.60. The van der Waals surface area contributed by atoms with E-state index in [0.29, 0.717) is 5.91 Å². The highest BCUT2D eigenvalue weighted by atomic mass is 16.5. The Morgan fingerprint density at radius 2 is 1.82 bits per heavy atom. The lowest BCUT2D eigenvalue weighted by atomic mass is 9.88. The highest BCUT2D eigenvalue weighted by Gasteiger charge is 2.32. The topological polar surface area (TPSA) is 69.2 Å². The molecule has 0 radical (unpaired) electrons. The normalized spacial score (nSPS) is 25.8. The predicted octanol–water partition coefficient (Wildman–Crippen LogP) is 1.44. The predicted molar refractivity (Wildman–Crippen MR) is 113 cm³/mol. The Hall–Kier alpha value is -1.34. The lowest BCUT2D eigenvalue weighted by Gasteiger charge is -2.41. The van der Waals surface area contributed by atoms with Crippen molar-refractivity contribution in [2.75, 3.05) is 53.0 Å². The van der Waals surface area contributed by atoms with Crippen LogP contribution in [0.2, 0.25) is 0 Å². The second-order valence-corrected chi connectivity index (χ2v) is 9.09. The summed E-state index contributed by atoms with van der Waals surface area (Å²) in [5, 5.41) is 7.02. The van der Waals surface area contributed by atoms with Gasteiger partial charge in [0.25, 0.3) is 0 Å². The Labute approximate surface area is 170 Å². The first-order valence-electron chi connectivity index (χ1n) is 11.1. The van der Waals surface area contributed by atoms with Gasteiger partial charge in [-0.05, 0) is 33.1 Å². The number of amides is 1. The standard InChI is InChI=1S/C21H39N5O2/c1-21(2,26-11-13-28-14-12-26)16-23-20(22-3)24-18-9-10-25(15-18)19(27)17-7-5-4-6-8-17/h17-18H,4-16H2,1-3H3,(H2,22,23,24). The van der Waals surface area contributed by atoms with Crippen molar-refractivity contribution in [3.05, 3.63) is 0 Å². The molecule has 2 saturated heterocycles. The van der Waals surface area contributed by atoms with Crippen molar-refractivity contribution in [1.82, 2.24) is 20.4 Å². The Bertz CT molecular complexity index is 539. The van der Waals surface area contributed by atoms with Crippen molar-refractivity contribution >= 4 is 11.9 Å². The van der Waals surface area contributed by atoms with Gasteiger partial charge >= 0.3 is 0 Å². The van der Waals surface area contributed by atoms with E-state index in [1.54, 1.807) is 0 Å². The quantitative estimate of drug-likeness (QED) is 0.546. The van der Waals surface area contributed by atoms with Crippen molar-refractivity contribution in [2.45, 2.75) is 64.0 Å². The first-order valence-corrected chi connectivity index (χ1v) is 11.1. The highest BCUT2D eigenvalue weighted by molar-refractivity contribution is 5.81. The minimum Gasteiger partial charge on any atom is -0.379 e. The fourth-order valence-electron chi connectivity index (χ4n) is 4.65. The number of hydrogen-bond acceptors (Lipinski definition) is 4. The number of guanidine groups is 1. The number of nitrogens with one attached hydrogen (secondary N) is 2. The van der Waals surface area contributed by atoms with Gasteiger partial charge in [0.1, 0.15) is 0 Å².